The zero-order valence-electron chi connectivity index (χ0n) is 12.5. The molecule has 0 aliphatic carbocycles. The first kappa shape index (κ1) is 16.3. The topological polar surface area (TPSA) is 143 Å². The molecule has 1 fully saturated rings. The van der Waals surface area contributed by atoms with Crippen LogP contribution in [-0.2, 0) is 9.59 Å². The van der Waals surface area contributed by atoms with Gasteiger partial charge in [0, 0.05) is 6.54 Å². The van der Waals surface area contributed by atoms with Crippen molar-refractivity contribution in [1.29, 1.82) is 0 Å². The van der Waals surface area contributed by atoms with Crippen LogP contribution in [0.25, 0.3) is 6.08 Å². The number of nitrogens with zero attached hydrogens (tertiary/aromatic N) is 1. The van der Waals surface area contributed by atoms with Gasteiger partial charge < -0.3 is 27.2 Å². The number of guanidine groups is 1. The average molecular weight is 317 g/mol. The molecule has 1 unspecified atom stereocenters. The van der Waals surface area contributed by atoms with Gasteiger partial charge in [-0.3, -0.25) is 14.6 Å². The predicted octanol–water partition coefficient (Wildman–Crippen LogP) is -0.599. The third kappa shape index (κ3) is 4.73. The Hall–Kier alpha value is -3.03. The third-order valence-electron chi connectivity index (χ3n) is 3.27. The Balaban J connectivity index is 1.96. The molecule has 122 valence electrons. The number of nitrogens with one attached hydrogen (secondary N) is 2. The number of carbonyl (C=O) groups excluding carboxylic acids is 2. The highest BCUT2D eigenvalue weighted by atomic mass is 16.3. The molecule has 0 saturated carbocycles. The summed E-state index contributed by atoms with van der Waals surface area (Å²) in [6, 6.07) is 5.68. The zero-order valence-corrected chi connectivity index (χ0v) is 12.5. The van der Waals surface area contributed by atoms with Gasteiger partial charge in [-0.05, 0) is 36.6 Å². The van der Waals surface area contributed by atoms with Crippen LogP contribution in [-0.4, -0.2) is 35.5 Å². The van der Waals surface area contributed by atoms with Crippen LogP contribution in [0.4, 0.5) is 0 Å². The fourth-order valence-electron chi connectivity index (χ4n) is 2.12. The Bertz CT molecular complexity index is 648. The van der Waals surface area contributed by atoms with E-state index in [1.54, 1.807) is 18.2 Å². The Morgan fingerprint density at radius 3 is 2.61 bits per heavy atom. The van der Waals surface area contributed by atoms with Crippen LogP contribution >= 0.6 is 0 Å². The minimum Gasteiger partial charge on any atom is -0.508 e. The Labute approximate surface area is 133 Å². The van der Waals surface area contributed by atoms with Gasteiger partial charge in [0.15, 0.2) is 5.96 Å². The molecule has 0 spiro atoms. The van der Waals surface area contributed by atoms with Crippen molar-refractivity contribution in [2.45, 2.75) is 18.9 Å². The Morgan fingerprint density at radius 2 is 1.96 bits per heavy atom. The first-order valence-electron chi connectivity index (χ1n) is 7.13. The number of benzene rings is 1. The average Bonchev–Trinajstić information content (AvgIpc) is 2.50. The molecule has 0 radical (unpaired) electrons. The molecule has 1 atom stereocenters. The summed E-state index contributed by atoms with van der Waals surface area (Å²) in [7, 11) is 0. The molecule has 2 amide bonds. The molecule has 8 nitrogen and oxygen atoms in total. The summed E-state index contributed by atoms with van der Waals surface area (Å²) in [4.78, 5) is 27.9. The lowest BCUT2D eigenvalue weighted by atomic mass is 10.1. The number of hydrogen-bond acceptors (Lipinski definition) is 4. The van der Waals surface area contributed by atoms with Crippen molar-refractivity contribution in [2.75, 3.05) is 6.54 Å². The molecule has 0 bridgehead atoms. The van der Waals surface area contributed by atoms with Crippen molar-refractivity contribution < 1.29 is 14.7 Å². The lowest BCUT2D eigenvalue weighted by Gasteiger charge is -2.25. The van der Waals surface area contributed by atoms with Crippen LogP contribution in [0.5, 0.6) is 5.75 Å². The minimum absolute atomic E-state index is 0.00116. The number of carbonyl (C=O) groups is 2. The minimum atomic E-state index is -0.603. The summed E-state index contributed by atoms with van der Waals surface area (Å²) in [5.74, 6) is -0.504. The monoisotopic (exact) mass is 317 g/mol. The largest absolute Gasteiger partial charge is 0.508 e. The lowest BCUT2D eigenvalue weighted by Crippen LogP contribution is -2.54. The molecule has 1 aliphatic rings. The van der Waals surface area contributed by atoms with Crippen molar-refractivity contribution in [3.05, 3.63) is 35.5 Å². The summed E-state index contributed by atoms with van der Waals surface area (Å²) in [5, 5.41) is 14.5. The molecule has 23 heavy (non-hydrogen) atoms. The molecule has 1 saturated heterocycles. The number of amides is 2. The van der Waals surface area contributed by atoms with Gasteiger partial charge in [-0.15, -0.1) is 0 Å². The van der Waals surface area contributed by atoms with E-state index >= 15 is 0 Å². The van der Waals surface area contributed by atoms with E-state index in [1.165, 1.54) is 12.1 Å². The zero-order chi connectivity index (χ0) is 16.8. The van der Waals surface area contributed by atoms with Crippen LogP contribution in [0.1, 0.15) is 18.4 Å². The van der Waals surface area contributed by atoms with E-state index in [0.717, 1.165) is 0 Å². The third-order valence-corrected chi connectivity index (χ3v) is 3.27. The van der Waals surface area contributed by atoms with E-state index in [0.29, 0.717) is 24.9 Å². The molecular weight excluding hydrogens is 298 g/mol. The van der Waals surface area contributed by atoms with Crippen molar-refractivity contribution in [3.8, 4) is 5.75 Å². The van der Waals surface area contributed by atoms with E-state index in [2.05, 4.69) is 15.6 Å². The second-order valence-corrected chi connectivity index (χ2v) is 5.11. The van der Waals surface area contributed by atoms with Gasteiger partial charge in [0.1, 0.15) is 17.5 Å². The first-order valence-corrected chi connectivity index (χ1v) is 7.13. The molecule has 7 N–H and O–H groups in total. The second-order valence-electron chi connectivity index (χ2n) is 5.11. The van der Waals surface area contributed by atoms with E-state index in [-0.39, 0.29) is 29.2 Å². The van der Waals surface area contributed by atoms with E-state index in [4.69, 9.17) is 11.5 Å². The van der Waals surface area contributed by atoms with Crippen molar-refractivity contribution in [2.24, 2.45) is 16.5 Å². The van der Waals surface area contributed by atoms with Gasteiger partial charge in [0.2, 0.25) is 5.91 Å². The predicted molar refractivity (Wildman–Crippen MR) is 86.1 cm³/mol. The fraction of sp³-hybridized carbons (Fsp3) is 0.267. The summed E-state index contributed by atoms with van der Waals surface area (Å²) < 4.78 is 0. The van der Waals surface area contributed by atoms with Crippen molar-refractivity contribution in [3.63, 3.8) is 0 Å². The van der Waals surface area contributed by atoms with E-state index in [9.17, 15) is 14.7 Å². The molecule has 8 heteroatoms. The standard InChI is InChI=1S/C15H19N5O3/c16-15(17)18-7-1-2-11-13(22)20-12(14(23)19-11)8-9-3-5-10(21)6-4-9/h3-6,8,11,21H,1-2,7H2,(H,19,23)(H,20,22)(H4,16,17,18). The molecule has 1 aromatic rings. The van der Waals surface area contributed by atoms with Gasteiger partial charge in [0.25, 0.3) is 5.91 Å². The number of aromatic hydroxyl groups is 1. The maximum atomic E-state index is 12.1. The van der Waals surface area contributed by atoms with E-state index < -0.39 is 6.04 Å². The molecule has 2 rings (SSSR count). The Morgan fingerprint density at radius 1 is 1.26 bits per heavy atom. The highest BCUT2D eigenvalue weighted by Crippen LogP contribution is 2.14. The highest BCUT2D eigenvalue weighted by Gasteiger charge is 2.29. The summed E-state index contributed by atoms with van der Waals surface area (Å²) >= 11 is 0. The number of phenols is 1. The van der Waals surface area contributed by atoms with Crippen LogP contribution in [0.15, 0.2) is 35.0 Å². The smallest absolute Gasteiger partial charge is 0.268 e. The van der Waals surface area contributed by atoms with Crippen molar-refractivity contribution >= 4 is 23.8 Å². The number of piperazine rings is 1. The van der Waals surface area contributed by atoms with E-state index in [1.807, 2.05) is 0 Å². The van der Waals surface area contributed by atoms with Gasteiger partial charge >= 0.3 is 0 Å². The van der Waals surface area contributed by atoms with Crippen LogP contribution in [0, 0.1) is 0 Å². The van der Waals surface area contributed by atoms with Gasteiger partial charge in [0.05, 0.1) is 0 Å². The van der Waals surface area contributed by atoms with Gasteiger partial charge in [-0.25, -0.2) is 0 Å². The van der Waals surface area contributed by atoms with Crippen molar-refractivity contribution in [1.82, 2.24) is 10.6 Å². The van der Waals surface area contributed by atoms with Gasteiger partial charge in [-0.2, -0.15) is 0 Å². The number of hydrogen-bond donors (Lipinski definition) is 5. The maximum absolute atomic E-state index is 12.1. The van der Waals surface area contributed by atoms with Crippen LogP contribution in [0.3, 0.4) is 0 Å². The second kappa shape index (κ2) is 7.30. The molecule has 1 aliphatic heterocycles. The Kier molecular flexibility index (Phi) is 5.19. The SMILES string of the molecule is NC(N)=NCCCC1NC(=O)C(=Cc2ccc(O)cc2)NC1=O. The van der Waals surface area contributed by atoms with Crippen LogP contribution in [0.2, 0.25) is 0 Å². The fourth-order valence-corrected chi connectivity index (χ4v) is 2.12. The number of nitrogens with two attached hydrogens (primary N) is 2. The van der Waals surface area contributed by atoms with Gasteiger partial charge in [-0.1, -0.05) is 12.1 Å². The van der Waals surface area contributed by atoms with Crippen LogP contribution < -0.4 is 22.1 Å². The number of phenolic OH excluding ortho intramolecular Hbond substituents is 1. The molecule has 1 aromatic carbocycles. The normalized spacial score (nSPS) is 19.1. The summed E-state index contributed by atoms with van der Waals surface area (Å²) in [6.07, 6.45) is 2.57. The summed E-state index contributed by atoms with van der Waals surface area (Å²) in [6.45, 7) is 0.401. The molecule has 0 aromatic heterocycles. The molecular formula is C15H19N5O3. The maximum Gasteiger partial charge on any atom is 0.268 e. The lowest BCUT2D eigenvalue weighted by molar-refractivity contribution is -0.131. The highest BCUT2D eigenvalue weighted by molar-refractivity contribution is 6.07. The molecule has 1 heterocycles. The quantitative estimate of drug-likeness (QED) is 0.213. The summed E-state index contributed by atoms with van der Waals surface area (Å²) in [5.41, 5.74) is 11.3. The number of rotatable bonds is 5. The first-order chi connectivity index (χ1) is 11.0. The number of aliphatic imine (C=N–C) groups is 1.